The Balaban J connectivity index is 1.69. The van der Waals surface area contributed by atoms with Crippen LogP contribution in [-0.2, 0) is 13.0 Å². The maximum atomic E-state index is 9.16. The van der Waals surface area contributed by atoms with Crippen LogP contribution in [0.3, 0.4) is 0 Å². The predicted octanol–water partition coefficient (Wildman–Crippen LogP) is 3.66. The van der Waals surface area contributed by atoms with Gasteiger partial charge in [0.05, 0.1) is 15.6 Å². The summed E-state index contributed by atoms with van der Waals surface area (Å²) in [5, 5.41) is 18.7. The predicted molar refractivity (Wildman–Crippen MR) is 106 cm³/mol. The lowest BCUT2D eigenvalue weighted by molar-refractivity contribution is 0.692. The summed E-state index contributed by atoms with van der Waals surface area (Å²) in [5.74, 6) is 0.854. The third kappa shape index (κ3) is 3.06. The molecule has 0 bridgehead atoms. The molecule has 0 fully saturated rings. The molecule has 0 atom stereocenters. The molecule has 7 heteroatoms. The Morgan fingerprint density at radius 2 is 1.96 bits per heavy atom. The molecule has 3 aromatic rings. The summed E-state index contributed by atoms with van der Waals surface area (Å²) in [6, 6.07) is 4.34. The maximum Gasteiger partial charge on any atom is 0.166 e. The Labute approximate surface area is 162 Å². The third-order valence-electron chi connectivity index (χ3n) is 5.11. The van der Waals surface area contributed by atoms with Gasteiger partial charge < -0.3 is 4.90 Å². The van der Waals surface area contributed by atoms with Crippen molar-refractivity contribution in [3.05, 3.63) is 51.0 Å². The minimum Gasteiger partial charge on any atom is -0.350 e. The monoisotopic (exact) mass is 376 g/mol. The highest BCUT2D eigenvalue weighted by Crippen LogP contribution is 2.32. The van der Waals surface area contributed by atoms with Crippen LogP contribution in [0, 0.1) is 39.0 Å². The molecule has 1 aliphatic rings. The highest BCUT2D eigenvalue weighted by molar-refractivity contribution is 7.15. The van der Waals surface area contributed by atoms with Crippen molar-refractivity contribution in [3.63, 3.8) is 0 Å². The van der Waals surface area contributed by atoms with Gasteiger partial charge in [-0.25, -0.2) is 4.98 Å². The van der Waals surface area contributed by atoms with Crippen molar-refractivity contribution in [1.29, 1.82) is 5.26 Å². The maximum absolute atomic E-state index is 9.16. The number of aromatic nitrogens is 4. The lowest BCUT2D eigenvalue weighted by Crippen LogP contribution is -2.32. The van der Waals surface area contributed by atoms with Gasteiger partial charge in [0.1, 0.15) is 6.07 Å². The second-order valence-electron chi connectivity index (χ2n) is 6.88. The molecule has 0 aromatic carbocycles. The van der Waals surface area contributed by atoms with Crippen LogP contribution in [0.1, 0.15) is 38.8 Å². The van der Waals surface area contributed by atoms with Crippen LogP contribution in [-0.4, -0.2) is 26.7 Å². The van der Waals surface area contributed by atoms with Gasteiger partial charge in [-0.2, -0.15) is 5.26 Å². The van der Waals surface area contributed by atoms with E-state index >= 15 is 0 Å². The van der Waals surface area contributed by atoms with Crippen molar-refractivity contribution in [3.8, 4) is 16.5 Å². The van der Waals surface area contributed by atoms with Crippen molar-refractivity contribution in [2.24, 2.45) is 0 Å². The molecule has 0 spiro atoms. The van der Waals surface area contributed by atoms with Crippen LogP contribution < -0.4 is 4.90 Å². The molecule has 0 saturated carbocycles. The fourth-order valence-corrected chi connectivity index (χ4v) is 4.43. The molecule has 0 radical (unpaired) electrons. The lowest BCUT2D eigenvalue weighted by Gasteiger charge is -2.30. The van der Waals surface area contributed by atoms with Gasteiger partial charge in [0.2, 0.25) is 0 Å². The number of nitrogens with zero attached hydrogens (tertiary/aromatic N) is 6. The molecule has 4 rings (SSSR count). The summed E-state index contributed by atoms with van der Waals surface area (Å²) >= 11 is 1.71. The number of hydrogen-bond acceptors (Lipinski definition) is 7. The smallest absolute Gasteiger partial charge is 0.166 e. The van der Waals surface area contributed by atoms with Gasteiger partial charge in [-0.15, -0.1) is 21.5 Å². The van der Waals surface area contributed by atoms with Crippen LogP contribution in [0.4, 0.5) is 5.82 Å². The zero-order valence-electron chi connectivity index (χ0n) is 15.9. The number of aryl methyl sites for hydroxylation is 2. The number of hydrogen-bond donors (Lipinski definition) is 0. The third-order valence-corrected chi connectivity index (χ3v) is 6.23. The number of anilines is 1. The number of thiazole rings is 1. The zero-order chi connectivity index (χ0) is 19.1. The molecule has 27 heavy (non-hydrogen) atoms. The van der Waals surface area contributed by atoms with Gasteiger partial charge in [0.15, 0.2) is 11.5 Å². The molecule has 4 heterocycles. The first-order valence-electron chi connectivity index (χ1n) is 8.89. The van der Waals surface area contributed by atoms with Crippen LogP contribution in [0.5, 0.6) is 0 Å². The summed E-state index contributed by atoms with van der Waals surface area (Å²) in [4.78, 5) is 12.7. The highest BCUT2D eigenvalue weighted by atomic mass is 32.1. The second kappa shape index (κ2) is 6.71. The van der Waals surface area contributed by atoms with Crippen LogP contribution in [0.2, 0.25) is 0 Å². The van der Waals surface area contributed by atoms with E-state index in [1.807, 2.05) is 33.9 Å². The summed E-state index contributed by atoms with van der Waals surface area (Å²) in [5.41, 5.74) is 6.85. The van der Waals surface area contributed by atoms with Gasteiger partial charge in [-0.05, 0) is 50.5 Å². The Bertz CT molecular complexity index is 1080. The lowest BCUT2D eigenvalue weighted by atomic mass is 10.0. The normalized spacial score (nSPS) is 13.4. The highest BCUT2D eigenvalue weighted by Gasteiger charge is 2.23. The number of nitriles is 1. The van der Waals surface area contributed by atoms with E-state index in [9.17, 15) is 0 Å². The molecule has 0 N–H and O–H groups in total. The summed E-state index contributed by atoms with van der Waals surface area (Å²) in [7, 11) is 0. The van der Waals surface area contributed by atoms with Crippen molar-refractivity contribution < 1.29 is 0 Å². The second-order valence-corrected chi connectivity index (χ2v) is 8.09. The summed E-state index contributed by atoms with van der Waals surface area (Å²) < 4.78 is 0. The SMILES string of the molecule is Cc1nc(C)c(-c2cnc3c(c2)CN(c2nnc(C#N)c(C)c2C)CC3)s1. The first-order chi connectivity index (χ1) is 13.0. The molecule has 1 aliphatic heterocycles. The van der Waals surface area contributed by atoms with E-state index in [0.29, 0.717) is 5.69 Å². The average Bonchev–Trinajstić information content (AvgIpc) is 3.01. The van der Waals surface area contributed by atoms with Crippen LogP contribution in [0.15, 0.2) is 12.3 Å². The Morgan fingerprint density at radius 1 is 1.15 bits per heavy atom. The van der Waals surface area contributed by atoms with Crippen molar-refractivity contribution in [1.82, 2.24) is 20.2 Å². The molecule has 0 aliphatic carbocycles. The quantitative estimate of drug-likeness (QED) is 0.679. The first kappa shape index (κ1) is 17.6. The molecule has 0 unspecified atom stereocenters. The van der Waals surface area contributed by atoms with E-state index < -0.39 is 0 Å². The summed E-state index contributed by atoms with van der Waals surface area (Å²) in [6.45, 7) is 9.60. The number of rotatable bonds is 2. The minimum atomic E-state index is 0.397. The van der Waals surface area contributed by atoms with E-state index in [1.54, 1.807) is 11.3 Å². The van der Waals surface area contributed by atoms with Gasteiger partial charge in [0.25, 0.3) is 0 Å². The van der Waals surface area contributed by atoms with Crippen molar-refractivity contribution >= 4 is 17.2 Å². The van der Waals surface area contributed by atoms with Crippen molar-refractivity contribution in [2.45, 2.75) is 40.7 Å². The molecule has 0 saturated heterocycles. The zero-order valence-corrected chi connectivity index (χ0v) is 16.7. The van der Waals surface area contributed by atoms with E-state index in [2.05, 4.69) is 32.2 Å². The fraction of sp³-hybridized carbons (Fsp3) is 0.350. The van der Waals surface area contributed by atoms with Gasteiger partial charge in [-0.1, -0.05) is 0 Å². The minimum absolute atomic E-state index is 0.397. The summed E-state index contributed by atoms with van der Waals surface area (Å²) in [6.07, 6.45) is 2.84. The molecule has 0 amide bonds. The van der Waals surface area contributed by atoms with Crippen LogP contribution >= 0.6 is 11.3 Å². The average molecular weight is 376 g/mol. The Kier molecular flexibility index (Phi) is 4.36. The molecule has 6 nitrogen and oxygen atoms in total. The van der Waals surface area contributed by atoms with Gasteiger partial charge >= 0.3 is 0 Å². The molecular weight excluding hydrogens is 356 g/mol. The number of pyridine rings is 1. The van der Waals surface area contributed by atoms with Crippen LogP contribution in [0.25, 0.3) is 10.4 Å². The number of fused-ring (bicyclic) bond motifs is 1. The van der Waals surface area contributed by atoms with Crippen molar-refractivity contribution in [2.75, 3.05) is 11.4 Å². The Morgan fingerprint density at radius 3 is 2.67 bits per heavy atom. The first-order valence-corrected chi connectivity index (χ1v) is 9.70. The van der Waals surface area contributed by atoms with Gasteiger partial charge in [0, 0.05) is 37.0 Å². The van der Waals surface area contributed by atoms with E-state index in [1.165, 1.54) is 10.4 Å². The molecule has 3 aromatic heterocycles. The Hall–Kier alpha value is -2.85. The van der Waals surface area contributed by atoms with Gasteiger partial charge in [-0.3, -0.25) is 4.98 Å². The largest absolute Gasteiger partial charge is 0.350 e. The van der Waals surface area contributed by atoms with E-state index in [-0.39, 0.29) is 0 Å². The standard InChI is InChI=1S/C20H20N6S/c1-11-12(2)20(25-24-18(11)8-21)26-6-5-17-16(10-26)7-15(9-22-17)19-13(3)23-14(4)27-19/h7,9H,5-6,10H2,1-4H3. The van der Waals surface area contributed by atoms with E-state index in [4.69, 9.17) is 10.2 Å². The topological polar surface area (TPSA) is 78.6 Å². The fourth-order valence-electron chi connectivity index (χ4n) is 3.53. The molecule has 136 valence electrons. The molecular formula is C20H20N6S. The van der Waals surface area contributed by atoms with E-state index in [0.717, 1.165) is 58.4 Å².